The summed E-state index contributed by atoms with van der Waals surface area (Å²) in [4.78, 5) is 13.7. The number of aliphatic hydroxyl groups is 1. The van der Waals surface area contributed by atoms with Crippen molar-refractivity contribution in [2.24, 2.45) is 5.92 Å². The van der Waals surface area contributed by atoms with Crippen LogP contribution in [-0.4, -0.2) is 35.6 Å². The molecule has 0 radical (unpaired) electrons. The Kier molecular flexibility index (Phi) is 2.83. The molecule has 0 aromatic heterocycles. The lowest BCUT2D eigenvalue weighted by Gasteiger charge is -2.38. The number of amides is 1. The lowest BCUT2D eigenvalue weighted by Crippen LogP contribution is -2.51. The molecule has 4 nitrogen and oxygen atoms in total. The molecule has 4 heteroatoms. The van der Waals surface area contributed by atoms with Gasteiger partial charge in [-0.25, -0.2) is 0 Å². The Hall–Kier alpha value is -1.55. The Balaban J connectivity index is 2.07. The van der Waals surface area contributed by atoms with E-state index in [0.717, 1.165) is 5.56 Å². The Morgan fingerprint density at radius 1 is 1.56 bits per heavy atom. The van der Waals surface area contributed by atoms with Crippen molar-refractivity contribution in [1.82, 2.24) is 4.90 Å². The molecule has 0 aliphatic carbocycles. The molecule has 3 N–H and O–H groups in total. The Morgan fingerprint density at radius 3 is 2.81 bits per heavy atom. The molecular weight excluding hydrogens is 204 g/mol. The number of nitrogens with two attached hydrogens (primary N) is 1. The second kappa shape index (κ2) is 4.14. The van der Waals surface area contributed by atoms with Crippen molar-refractivity contribution < 1.29 is 9.90 Å². The van der Waals surface area contributed by atoms with Crippen LogP contribution < -0.4 is 5.73 Å². The number of hydrogen-bond donors (Lipinski definition) is 2. The van der Waals surface area contributed by atoms with Crippen LogP contribution >= 0.6 is 0 Å². The summed E-state index contributed by atoms with van der Waals surface area (Å²) in [5, 5.41) is 8.88. The zero-order chi connectivity index (χ0) is 11.7. The van der Waals surface area contributed by atoms with Crippen LogP contribution in [0.5, 0.6) is 0 Å². The van der Waals surface area contributed by atoms with Gasteiger partial charge in [0.25, 0.3) is 5.91 Å². The van der Waals surface area contributed by atoms with E-state index < -0.39 is 0 Å². The van der Waals surface area contributed by atoms with Crippen LogP contribution in [0.25, 0.3) is 0 Å². The van der Waals surface area contributed by atoms with Crippen molar-refractivity contribution in [3.05, 3.63) is 29.3 Å². The Morgan fingerprint density at radius 2 is 2.25 bits per heavy atom. The molecular formula is C12H16N2O2. The van der Waals surface area contributed by atoms with Gasteiger partial charge in [0.2, 0.25) is 0 Å². The minimum Gasteiger partial charge on any atom is -0.399 e. The summed E-state index contributed by atoms with van der Waals surface area (Å²) >= 11 is 0. The second-order valence-corrected chi connectivity index (χ2v) is 4.33. The third kappa shape index (κ3) is 1.88. The SMILES string of the molecule is Cc1cc(C(=O)N2CC(CO)C2)ccc1N. The molecule has 1 aromatic rings. The first-order valence-electron chi connectivity index (χ1n) is 5.38. The van der Waals surface area contributed by atoms with Gasteiger partial charge in [-0.2, -0.15) is 0 Å². The first kappa shape index (κ1) is 11.0. The van der Waals surface area contributed by atoms with Gasteiger partial charge in [0.05, 0.1) is 0 Å². The van der Waals surface area contributed by atoms with Crippen molar-refractivity contribution in [2.45, 2.75) is 6.92 Å². The third-order valence-electron chi connectivity index (χ3n) is 3.02. The van der Waals surface area contributed by atoms with Crippen molar-refractivity contribution >= 4 is 11.6 Å². The molecule has 2 rings (SSSR count). The maximum absolute atomic E-state index is 12.0. The monoisotopic (exact) mass is 220 g/mol. The summed E-state index contributed by atoms with van der Waals surface area (Å²) in [5.41, 5.74) is 7.99. The number of benzene rings is 1. The molecule has 86 valence electrons. The summed E-state index contributed by atoms with van der Waals surface area (Å²) < 4.78 is 0. The summed E-state index contributed by atoms with van der Waals surface area (Å²) in [5.74, 6) is 0.270. The molecule has 1 aromatic carbocycles. The number of carbonyl (C=O) groups excluding carboxylic acids is 1. The average Bonchev–Trinajstić information content (AvgIpc) is 2.20. The summed E-state index contributed by atoms with van der Waals surface area (Å²) in [7, 11) is 0. The van der Waals surface area contributed by atoms with Gasteiger partial charge >= 0.3 is 0 Å². The summed E-state index contributed by atoms with van der Waals surface area (Å²) in [6.07, 6.45) is 0. The fourth-order valence-electron chi connectivity index (χ4n) is 1.84. The minimum absolute atomic E-state index is 0.0211. The molecule has 1 aliphatic rings. The highest BCUT2D eigenvalue weighted by Crippen LogP contribution is 2.20. The van der Waals surface area contributed by atoms with E-state index in [1.807, 2.05) is 13.0 Å². The van der Waals surface area contributed by atoms with Gasteiger partial charge in [-0.05, 0) is 30.7 Å². The number of aliphatic hydroxyl groups excluding tert-OH is 1. The second-order valence-electron chi connectivity index (χ2n) is 4.33. The van der Waals surface area contributed by atoms with Gasteiger partial charge in [0, 0.05) is 36.9 Å². The normalized spacial score (nSPS) is 16.0. The quantitative estimate of drug-likeness (QED) is 0.719. The molecule has 16 heavy (non-hydrogen) atoms. The van der Waals surface area contributed by atoms with E-state index in [9.17, 15) is 4.79 Å². The van der Waals surface area contributed by atoms with Crippen molar-refractivity contribution in [3.63, 3.8) is 0 Å². The lowest BCUT2D eigenvalue weighted by molar-refractivity contribution is 0.0362. The largest absolute Gasteiger partial charge is 0.399 e. The molecule has 0 atom stereocenters. The highest BCUT2D eigenvalue weighted by atomic mass is 16.3. The van der Waals surface area contributed by atoms with Crippen LogP contribution in [0.3, 0.4) is 0 Å². The van der Waals surface area contributed by atoms with Crippen LogP contribution in [0.1, 0.15) is 15.9 Å². The smallest absolute Gasteiger partial charge is 0.253 e. The van der Waals surface area contributed by atoms with Gasteiger partial charge in [-0.1, -0.05) is 0 Å². The standard InChI is InChI=1S/C12H16N2O2/c1-8-4-10(2-3-11(8)13)12(16)14-5-9(6-14)7-15/h2-4,9,15H,5-7,13H2,1H3. The molecule has 0 saturated carbocycles. The number of rotatable bonds is 2. The number of hydrogen-bond acceptors (Lipinski definition) is 3. The highest BCUT2D eigenvalue weighted by molar-refractivity contribution is 5.95. The summed E-state index contributed by atoms with van der Waals surface area (Å²) in [6, 6.07) is 5.31. The van der Waals surface area contributed by atoms with E-state index >= 15 is 0 Å². The molecule has 0 spiro atoms. The number of nitrogens with zero attached hydrogens (tertiary/aromatic N) is 1. The highest BCUT2D eigenvalue weighted by Gasteiger charge is 2.30. The van der Waals surface area contributed by atoms with Crippen molar-refractivity contribution in [3.8, 4) is 0 Å². The van der Waals surface area contributed by atoms with Crippen LogP contribution in [0.2, 0.25) is 0 Å². The maximum Gasteiger partial charge on any atom is 0.253 e. The van der Waals surface area contributed by atoms with Crippen molar-refractivity contribution in [2.75, 3.05) is 25.4 Å². The molecule has 1 saturated heterocycles. The predicted molar refractivity (Wildman–Crippen MR) is 62.1 cm³/mol. The predicted octanol–water partition coefficient (Wildman–Crippen LogP) is 0.642. The van der Waals surface area contributed by atoms with Crippen molar-refractivity contribution in [1.29, 1.82) is 0 Å². The number of nitrogen functional groups attached to an aromatic ring is 1. The van der Waals surface area contributed by atoms with Crippen LogP contribution in [0, 0.1) is 12.8 Å². The Bertz CT molecular complexity index is 411. The number of aryl methyl sites for hydroxylation is 1. The van der Waals surface area contributed by atoms with E-state index in [-0.39, 0.29) is 18.4 Å². The van der Waals surface area contributed by atoms with Gasteiger partial charge in [-0.3, -0.25) is 4.79 Å². The van der Waals surface area contributed by atoms with E-state index in [0.29, 0.717) is 24.3 Å². The molecule has 1 amide bonds. The molecule has 0 unspecified atom stereocenters. The zero-order valence-corrected chi connectivity index (χ0v) is 9.31. The van der Waals surface area contributed by atoms with E-state index in [1.54, 1.807) is 17.0 Å². The first-order chi connectivity index (χ1) is 7.61. The summed E-state index contributed by atoms with van der Waals surface area (Å²) in [6.45, 7) is 3.35. The van der Waals surface area contributed by atoms with Crippen LogP contribution in [-0.2, 0) is 0 Å². The van der Waals surface area contributed by atoms with Crippen LogP contribution in [0.4, 0.5) is 5.69 Å². The molecule has 1 fully saturated rings. The fraction of sp³-hybridized carbons (Fsp3) is 0.417. The van der Waals surface area contributed by atoms with Gasteiger partial charge in [0.15, 0.2) is 0 Å². The average molecular weight is 220 g/mol. The van der Waals surface area contributed by atoms with E-state index in [4.69, 9.17) is 10.8 Å². The first-order valence-corrected chi connectivity index (χ1v) is 5.38. The van der Waals surface area contributed by atoms with Gasteiger partial charge in [0.1, 0.15) is 0 Å². The zero-order valence-electron chi connectivity index (χ0n) is 9.31. The van der Waals surface area contributed by atoms with E-state index in [1.165, 1.54) is 0 Å². The number of anilines is 1. The molecule has 0 bridgehead atoms. The van der Waals surface area contributed by atoms with Crippen LogP contribution in [0.15, 0.2) is 18.2 Å². The molecule has 1 heterocycles. The maximum atomic E-state index is 12.0. The Labute approximate surface area is 94.7 Å². The topological polar surface area (TPSA) is 66.6 Å². The fourth-order valence-corrected chi connectivity index (χ4v) is 1.84. The third-order valence-corrected chi connectivity index (χ3v) is 3.02. The molecule has 1 aliphatic heterocycles. The number of carbonyl (C=O) groups is 1. The lowest BCUT2D eigenvalue weighted by atomic mass is 9.99. The van der Waals surface area contributed by atoms with Gasteiger partial charge < -0.3 is 15.7 Å². The van der Waals surface area contributed by atoms with Gasteiger partial charge in [-0.15, -0.1) is 0 Å². The van der Waals surface area contributed by atoms with E-state index in [2.05, 4.69) is 0 Å². The minimum atomic E-state index is 0.0211. The number of likely N-dealkylation sites (tertiary alicyclic amines) is 1.